The van der Waals surface area contributed by atoms with E-state index >= 15 is 0 Å². The molecule has 0 aliphatic rings. The number of thiazole rings is 1. The van der Waals surface area contributed by atoms with E-state index in [2.05, 4.69) is 10.1 Å². The second kappa shape index (κ2) is 5.10. The molecule has 2 aromatic rings. The summed E-state index contributed by atoms with van der Waals surface area (Å²) in [6.45, 7) is 5.79. The molecule has 0 fully saturated rings. The quantitative estimate of drug-likeness (QED) is 0.924. The van der Waals surface area contributed by atoms with Gasteiger partial charge in [-0.3, -0.25) is 4.68 Å². The Morgan fingerprint density at radius 2 is 1.90 bits per heavy atom. The predicted octanol–water partition coefficient (Wildman–Crippen LogP) is 3.27. The second-order valence-electron chi connectivity index (χ2n) is 5.82. The van der Waals surface area contributed by atoms with Crippen molar-refractivity contribution in [3.63, 3.8) is 0 Å². The van der Waals surface area contributed by atoms with Crippen molar-refractivity contribution in [3.8, 4) is 0 Å². The summed E-state index contributed by atoms with van der Waals surface area (Å²) in [7, 11) is 1.71. The zero-order chi connectivity index (χ0) is 16.0. The minimum Gasteiger partial charge on any atom is -0.383 e. The Labute approximate surface area is 124 Å². The maximum absolute atomic E-state index is 12.6. The van der Waals surface area contributed by atoms with Crippen LogP contribution in [0, 0.1) is 0 Å². The zero-order valence-electron chi connectivity index (χ0n) is 12.1. The van der Waals surface area contributed by atoms with Crippen LogP contribution in [-0.2, 0) is 18.6 Å². The van der Waals surface area contributed by atoms with Gasteiger partial charge in [0, 0.05) is 30.4 Å². The van der Waals surface area contributed by atoms with Crippen molar-refractivity contribution >= 4 is 11.3 Å². The molecule has 1 unspecified atom stereocenters. The van der Waals surface area contributed by atoms with Crippen molar-refractivity contribution in [2.45, 2.75) is 38.5 Å². The van der Waals surface area contributed by atoms with E-state index in [0.29, 0.717) is 22.6 Å². The summed E-state index contributed by atoms with van der Waals surface area (Å²) < 4.78 is 39.3. The molecule has 0 amide bonds. The molecular formula is C13H16F3N3OS. The van der Waals surface area contributed by atoms with Crippen LogP contribution in [0.1, 0.15) is 48.0 Å². The summed E-state index contributed by atoms with van der Waals surface area (Å²) in [5.41, 5.74) is 0.830. The molecule has 0 aliphatic carbocycles. The summed E-state index contributed by atoms with van der Waals surface area (Å²) >= 11 is 0.448. The molecule has 1 atom stereocenters. The Morgan fingerprint density at radius 3 is 2.38 bits per heavy atom. The van der Waals surface area contributed by atoms with Gasteiger partial charge in [0.2, 0.25) is 0 Å². The number of rotatable bonds is 2. The van der Waals surface area contributed by atoms with Crippen molar-refractivity contribution in [2.24, 2.45) is 7.05 Å². The second-order valence-corrected chi connectivity index (χ2v) is 6.89. The number of hydrogen-bond donors (Lipinski definition) is 1. The molecule has 0 saturated carbocycles. The number of aliphatic hydroxyl groups excluding tert-OH is 1. The van der Waals surface area contributed by atoms with E-state index in [1.54, 1.807) is 17.9 Å². The summed E-state index contributed by atoms with van der Waals surface area (Å²) in [5.74, 6) is 0. The molecule has 4 nitrogen and oxygen atoms in total. The van der Waals surface area contributed by atoms with Crippen molar-refractivity contribution < 1.29 is 18.3 Å². The van der Waals surface area contributed by atoms with Crippen LogP contribution in [0.2, 0.25) is 0 Å². The molecule has 8 heteroatoms. The zero-order valence-corrected chi connectivity index (χ0v) is 12.9. The normalized spacial score (nSPS) is 14.5. The SMILES string of the molecule is Cn1cc(C(O)c2cnc(C(F)(F)F)s2)c(C(C)(C)C)n1. The fourth-order valence-electron chi connectivity index (χ4n) is 1.99. The first-order valence-corrected chi connectivity index (χ1v) is 7.07. The lowest BCUT2D eigenvalue weighted by Gasteiger charge is -2.19. The average molecular weight is 319 g/mol. The lowest BCUT2D eigenvalue weighted by Crippen LogP contribution is -2.16. The van der Waals surface area contributed by atoms with E-state index in [4.69, 9.17) is 0 Å². The van der Waals surface area contributed by atoms with Gasteiger partial charge in [-0.15, -0.1) is 11.3 Å². The maximum Gasteiger partial charge on any atom is 0.443 e. The first kappa shape index (κ1) is 16.0. The number of aryl methyl sites for hydroxylation is 1. The van der Waals surface area contributed by atoms with Gasteiger partial charge in [-0.05, 0) is 0 Å². The van der Waals surface area contributed by atoms with Crippen molar-refractivity contribution in [1.82, 2.24) is 14.8 Å². The highest BCUT2D eigenvalue weighted by molar-refractivity contribution is 7.11. The van der Waals surface area contributed by atoms with E-state index in [1.807, 2.05) is 20.8 Å². The topological polar surface area (TPSA) is 50.9 Å². The fraction of sp³-hybridized carbons (Fsp3) is 0.538. The van der Waals surface area contributed by atoms with E-state index in [-0.39, 0.29) is 10.3 Å². The van der Waals surface area contributed by atoms with Crippen molar-refractivity contribution in [3.05, 3.63) is 33.5 Å². The standard InChI is InChI=1S/C13H16F3N3OS/c1-12(2,3)10-7(6-19(4)18-10)9(20)8-5-17-11(21-8)13(14,15)16/h5-6,9,20H,1-4H3. The van der Waals surface area contributed by atoms with Crippen LogP contribution < -0.4 is 0 Å². The van der Waals surface area contributed by atoms with E-state index in [1.165, 1.54) is 0 Å². The molecule has 1 N–H and O–H groups in total. The van der Waals surface area contributed by atoms with Crippen LogP contribution in [0.25, 0.3) is 0 Å². The highest BCUT2D eigenvalue weighted by Gasteiger charge is 2.36. The van der Waals surface area contributed by atoms with Gasteiger partial charge in [0.05, 0.1) is 10.6 Å². The molecule has 0 aromatic carbocycles. The van der Waals surface area contributed by atoms with Crippen LogP contribution in [0.4, 0.5) is 13.2 Å². The lowest BCUT2D eigenvalue weighted by molar-refractivity contribution is -0.137. The Bertz CT molecular complexity index is 640. The number of nitrogens with zero attached hydrogens (tertiary/aromatic N) is 3. The highest BCUT2D eigenvalue weighted by atomic mass is 32.1. The van der Waals surface area contributed by atoms with Gasteiger partial charge >= 0.3 is 6.18 Å². The molecule has 116 valence electrons. The lowest BCUT2D eigenvalue weighted by atomic mass is 9.88. The van der Waals surface area contributed by atoms with Gasteiger partial charge in [-0.1, -0.05) is 20.8 Å². The monoisotopic (exact) mass is 319 g/mol. The maximum atomic E-state index is 12.6. The molecule has 21 heavy (non-hydrogen) atoms. The van der Waals surface area contributed by atoms with Crippen LogP contribution >= 0.6 is 11.3 Å². The summed E-state index contributed by atoms with van der Waals surface area (Å²) in [4.78, 5) is 3.49. The van der Waals surface area contributed by atoms with Crippen LogP contribution in [-0.4, -0.2) is 19.9 Å². The molecule has 0 radical (unpaired) electrons. The number of hydrogen-bond acceptors (Lipinski definition) is 4. The van der Waals surface area contributed by atoms with Gasteiger partial charge in [0.1, 0.15) is 6.10 Å². The predicted molar refractivity (Wildman–Crippen MR) is 73.1 cm³/mol. The molecule has 0 saturated heterocycles. The minimum absolute atomic E-state index is 0.154. The van der Waals surface area contributed by atoms with Gasteiger partial charge in [0.15, 0.2) is 5.01 Å². The molecule has 0 bridgehead atoms. The molecular weight excluding hydrogens is 303 g/mol. The van der Waals surface area contributed by atoms with Crippen molar-refractivity contribution in [2.75, 3.05) is 0 Å². The molecule has 0 spiro atoms. The van der Waals surface area contributed by atoms with Crippen LogP contribution in [0.15, 0.2) is 12.4 Å². The van der Waals surface area contributed by atoms with Gasteiger partial charge in [-0.25, -0.2) is 4.98 Å². The third-order valence-electron chi connectivity index (χ3n) is 2.90. The van der Waals surface area contributed by atoms with Gasteiger partial charge in [-0.2, -0.15) is 18.3 Å². The van der Waals surface area contributed by atoms with Crippen LogP contribution in [0.5, 0.6) is 0 Å². The molecule has 2 heterocycles. The minimum atomic E-state index is -4.50. The van der Waals surface area contributed by atoms with Crippen LogP contribution in [0.3, 0.4) is 0 Å². The Balaban J connectivity index is 2.41. The van der Waals surface area contributed by atoms with Gasteiger partial charge < -0.3 is 5.11 Å². The summed E-state index contributed by atoms with van der Waals surface area (Å²) in [5, 5.41) is 13.7. The van der Waals surface area contributed by atoms with E-state index < -0.39 is 17.3 Å². The Kier molecular flexibility index (Phi) is 3.88. The smallest absolute Gasteiger partial charge is 0.383 e. The number of aromatic nitrogens is 3. The fourth-order valence-corrected chi connectivity index (χ4v) is 2.78. The first-order chi connectivity index (χ1) is 9.50. The number of alkyl halides is 3. The van der Waals surface area contributed by atoms with Crippen molar-refractivity contribution in [1.29, 1.82) is 0 Å². The molecule has 0 aliphatic heterocycles. The van der Waals surface area contributed by atoms with Gasteiger partial charge in [0.25, 0.3) is 0 Å². The Morgan fingerprint density at radius 1 is 1.29 bits per heavy atom. The molecule has 2 aromatic heterocycles. The number of halogens is 3. The third kappa shape index (κ3) is 3.26. The third-order valence-corrected chi connectivity index (χ3v) is 3.99. The Hall–Kier alpha value is -1.41. The summed E-state index contributed by atoms with van der Waals surface area (Å²) in [6, 6.07) is 0. The van der Waals surface area contributed by atoms with E-state index in [9.17, 15) is 18.3 Å². The summed E-state index contributed by atoms with van der Waals surface area (Å²) in [6.07, 6.45) is -2.97. The first-order valence-electron chi connectivity index (χ1n) is 6.25. The van der Waals surface area contributed by atoms with E-state index in [0.717, 1.165) is 6.20 Å². The average Bonchev–Trinajstić information content (AvgIpc) is 2.92. The largest absolute Gasteiger partial charge is 0.443 e. The number of aliphatic hydroxyl groups is 1. The highest BCUT2D eigenvalue weighted by Crippen LogP contribution is 2.38. The molecule has 2 rings (SSSR count).